The number of anilines is 1. The third-order valence-corrected chi connectivity index (χ3v) is 3.95. The van der Waals surface area contributed by atoms with Crippen LogP contribution in [-0.4, -0.2) is 25.0 Å². The number of carbonyl (C=O) groups excluding carboxylic acids is 2. The van der Waals surface area contributed by atoms with Crippen molar-refractivity contribution in [1.82, 2.24) is 0 Å². The van der Waals surface area contributed by atoms with Gasteiger partial charge in [0.2, 0.25) is 5.91 Å². The van der Waals surface area contributed by atoms with Crippen molar-refractivity contribution in [2.24, 2.45) is 17.6 Å². The number of hydrogen-bond acceptors (Lipinski definition) is 5. The topological polar surface area (TPSA) is 81.4 Å². The highest BCUT2D eigenvalue weighted by molar-refractivity contribution is 7.16. The third-order valence-electron chi connectivity index (χ3n) is 2.98. The van der Waals surface area contributed by atoms with Crippen LogP contribution in [0.25, 0.3) is 0 Å². The molecule has 1 heterocycles. The maximum Gasteiger partial charge on any atom is 0.341 e. The van der Waals surface area contributed by atoms with Gasteiger partial charge in [-0.05, 0) is 25.8 Å². The van der Waals surface area contributed by atoms with Crippen LogP contribution in [0.15, 0.2) is 6.07 Å². The van der Waals surface area contributed by atoms with E-state index in [0.29, 0.717) is 17.2 Å². The van der Waals surface area contributed by atoms with E-state index >= 15 is 0 Å². The molecule has 1 amide bonds. The molecule has 6 heteroatoms. The quantitative estimate of drug-likeness (QED) is 0.790. The monoisotopic (exact) mass is 298 g/mol. The Kier molecular flexibility index (Phi) is 6.16. The highest BCUT2D eigenvalue weighted by Gasteiger charge is 2.24. The van der Waals surface area contributed by atoms with Gasteiger partial charge in [0, 0.05) is 11.4 Å². The van der Waals surface area contributed by atoms with Gasteiger partial charge < -0.3 is 15.8 Å². The largest absolute Gasteiger partial charge is 0.462 e. The second-order valence-corrected chi connectivity index (χ2v) is 6.15. The lowest BCUT2D eigenvalue weighted by molar-refractivity contribution is -0.120. The maximum atomic E-state index is 12.2. The molecule has 0 radical (unpaired) electrons. The molecule has 0 saturated heterocycles. The number of thiophene rings is 1. The van der Waals surface area contributed by atoms with Crippen LogP contribution in [0.4, 0.5) is 5.00 Å². The van der Waals surface area contributed by atoms with Gasteiger partial charge in [-0.15, -0.1) is 11.3 Å². The van der Waals surface area contributed by atoms with Crippen LogP contribution in [0.1, 0.15) is 36.0 Å². The predicted octanol–water partition coefficient (Wildman–Crippen LogP) is 2.40. The summed E-state index contributed by atoms with van der Waals surface area (Å²) >= 11 is 1.36. The van der Waals surface area contributed by atoms with Crippen LogP contribution < -0.4 is 11.1 Å². The number of esters is 1. The predicted molar refractivity (Wildman–Crippen MR) is 81.0 cm³/mol. The van der Waals surface area contributed by atoms with Crippen LogP contribution in [0.3, 0.4) is 0 Å². The number of carbonyl (C=O) groups is 2. The number of hydrogen-bond donors (Lipinski definition) is 2. The number of aryl methyl sites for hydroxylation is 1. The normalized spacial score (nSPS) is 12.3. The van der Waals surface area contributed by atoms with Gasteiger partial charge in [-0.2, -0.15) is 0 Å². The summed E-state index contributed by atoms with van der Waals surface area (Å²) in [5, 5.41) is 3.33. The maximum absolute atomic E-state index is 12.2. The SMILES string of the molecule is CCOC(=O)c1cc(C)sc1NC(=O)C(CN)C(C)C. The first kappa shape index (κ1) is 16.7. The van der Waals surface area contributed by atoms with Crippen LogP contribution >= 0.6 is 11.3 Å². The van der Waals surface area contributed by atoms with Crippen molar-refractivity contribution in [3.63, 3.8) is 0 Å². The molecule has 1 rings (SSSR count). The van der Waals surface area contributed by atoms with Crippen molar-refractivity contribution >= 4 is 28.2 Å². The third kappa shape index (κ3) is 4.05. The fraction of sp³-hybridized carbons (Fsp3) is 0.571. The number of amides is 1. The first-order valence-electron chi connectivity index (χ1n) is 6.69. The number of nitrogens with two attached hydrogens (primary N) is 1. The Balaban J connectivity index is 2.92. The standard InChI is InChI=1S/C14H22N2O3S/c1-5-19-14(18)10-6-9(4)20-13(10)16-12(17)11(7-15)8(2)3/h6,8,11H,5,7,15H2,1-4H3,(H,16,17). The Morgan fingerprint density at radius 3 is 2.60 bits per heavy atom. The van der Waals surface area contributed by atoms with Crippen molar-refractivity contribution in [1.29, 1.82) is 0 Å². The Morgan fingerprint density at radius 2 is 2.10 bits per heavy atom. The van der Waals surface area contributed by atoms with Crippen molar-refractivity contribution < 1.29 is 14.3 Å². The fourth-order valence-electron chi connectivity index (χ4n) is 1.85. The summed E-state index contributed by atoms with van der Waals surface area (Å²) in [7, 11) is 0. The molecule has 0 saturated carbocycles. The lowest BCUT2D eigenvalue weighted by Crippen LogP contribution is -2.33. The van der Waals surface area contributed by atoms with E-state index in [0.717, 1.165) is 4.88 Å². The Bertz CT molecular complexity index is 483. The average molecular weight is 298 g/mol. The molecule has 0 aliphatic rings. The smallest absolute Gasteiger partial charge is 0.341 e. The lowest BCUT2D eigenvalue weighted by atomic mass is 9.95. The van der Waals surface area contributed by atoms with Crippen LogP contribution in [-0.2, 0) is 9.53 Å². The van der Waals surface area contributed by atoms with E-state index in [1.54, 1.807) is 13.0 Å². The van der Waals surface area contributed by atoms with E-state index in [9.17, 15) is 9.59 Å². The van der Waals surface area contributed by atoms with E-state index in [1.807, 2.05) is 20.8 Å². The van der Waals surface area contributed by atoms with E-state index < -0.39 is 5.97 Å². The van der Waals surface area contributed by atoms with Crippen molar-refractivity contribution in [3.8, 4) is 0 Å². The zero-order chi connectivity index (χ0) is 15.3. The molecule has 20 heavy (non-hydrogen) atoms. The Hall–Kier alpha value is -1.40. The van der Waals surface area contributed by atoms with E-state index in [-0.39, 0.29) is 24.3 Å². The first-order chi connectivity index (χ1) is 9.40. The van der Waals surface area contributed by atoms with E-state index in [1.165, 1.54) is 11.3 Å². The molecule has 0 aliphatic heterocycles. The molecule has 0 aliphatic carbocycles. The van der Waals surface area contributed by atoms with Crippen LogP contribution in [0.5, 0.6) is 0 Å². The summed E-state index contributed by atoms with van der Waals surface area (Å²) in [6, 6.07) is 1.73. The zero-order valence-corrected chi connectivity index (χ0v) is 13.2. The molecule has 112 valence electrons. The molecule has 0 fully saturated rings. The lowest BCUT2D eigenvalue weighted by Gasteiger charge is -2.18. The minimum atomic E-state index is -0.416. The zero-order valence-electron chi connectivity index (χ0n) is 12.4. The number of ether oxygens (including phenoxy) is 1. The summed E-state index contributed by atoms with van der Waals surface area (Å²) in [4.78, 5) is 25.0. The van der Waals surface area contributed by atoms with Gasteiger partial charge in [0.05, 0.1) is 18.1 Å². The highest BCUT2D eigenvalue weighted by atomic mass is 32.1. The summed E-state index contributed by atoms with van der Waals surface area (Å²) in [6.07, 6.45) is 0. The van der Waals surface area contributed by atoms with Gasteiger partial charge in [-0.3, -0.25) is 4.79 Å². The summed E-state index contributed by atoms with van der Waals surface area (Å²) in [6.45, 7) is 8.11. The summed E-state index contributed by atoms with van der Waals surface area (Å²) in [5.74, 6) is -0.699. The van der Waals surface area contributed by atoms with Crippen LogP contribution in [0, 0.1) is 18.8 Å². The van der Waals surface area contributed by atoms with Gasteiger partial charge in [0.1, 0.15) is 5.00 Å². The Labute approximate surface area is 123 Å². The summed E-state index contributed by atoms with van der Waals surface area (Å²) in [5.41, 5.74) is 6.03. The molecule has 0 spiro atoms. The van der Waals surface area contributed by atoms with Gasteiger partial charge in [-0.25, -0.2) is 4.79 Å². The Morgan fingerprint density at radius 1 is 1.45 bits per heavy atom. The average Bonchev–Trinajstić information content (AvgIpc) is 2.70. The molecule has 1 aromatic heterocycles. The van der Waals surface area contributed by atoms with E-state index in [2.05, 4.69) is 5.32 Å². The van der Waals surface area contributed by atoms with Gasteiger partial charge in [0.15, 0.2) is 0 Å². The van der Waals surface area contributed by atoms with Gasteiger partial charge >= 0.3 is 5.97 Å². The van der Waals surface area contributed by atoms with Crippen molar-refractivity contribution in [2.75, 3.05) is 18.5 Å². The van der Waals surface area contributed by atoms with Gasteiger partial charge in [-0.1, -0.05) is 13.8 Å². The molecule has 3 N–H and O–H groups in total. The molecule has 0 bridgehead atoms. The van der Waals surface area contributed by atoms with Gasteiger partial charge in [0.25, 0.3) is 0 Å². The molecule has 1 atom stereocenters. The molecular weight excluding hydrogens is 276 g/mol. The second-order valence-electron chi connectivity index (χ2n) is 4.90. The minimum Gasteiger partial charge on any atom is -0.462 e. The second kappa shape index (κ2) is 7.40. The molecule has 1 aromatic rings. The molecule has 1 unspecified atom stereocenters. The number of rotatable bonds is 6. The highest BCUT2D eigenvalue weighted by Crippen LogP contribution is 2.29. The molecule has 0 aromatic carbocycles. The first-order valence-corrected chi connectivity index (χ1v) is 7.50. The van der Waals surface area contributed by atoms with Crippen LogP contribution in [0.2, 0.25) is 0 Å². The van der Waals surface area contributed by atoms with E-state index in [4.69, 9.17) is 10.5 Å². The van der Waals surface area contributed by atoms with Crippen molar-refractivity contribution in [3.05, 3.63) is 16.5 Å². The summed E-state index contributed by atoms with van der Waals surface area (Å²) < 4.78 is 4.99. The minimum absolute atomic E-state index is 0.145. The molecule has 5 nitrogen and oxygen atoms in total. The number of nitrogens with one attached hydrogen (secondary N) is 1. The fourth-order valence-corrected chi connectivity index (χ4v) is 2.76. The van der Waals surface area contributed by atoms with Crippen molar-refractivity contribution in [2.45, 2.75) is 27.7 Å². The molecular formula is C14H22N2O3S.